The first-order valence-electron chi connectivity index (χ1n) is 6.21. The van der Waals surface area contributed by atoms with Gasteiger partial charge in [-0.25, -0.2) is 0 Å². The molecule has 0 bridgehead atoms. The van der Waals surface area contributed by atoms with Crippen molar-refractivity contribution >= 4 is 5.78 Å². The van der Waals surface area contributed by atoms with Gasteiger partial charge in [0.25, 0.3) is 0 Å². The van der Waals surface area contributed by atoms with E-state index in [1.54, 1.807) is 36.4 Å². The number of carbonyl (C=O) groups excluding carboxylic acids is 1. The maximum Gasteiger partial charge on any atom is 0.198 e. The summed E-state index contributed by atoms with van der Waals surface area (Å²) in [6.45, 7) is 0. The molecule has 2 unspecified atom stereocenters. The number of aliphatic hydroxyl groups is 2. The summed E-state index contributed by atoms with van der Waals surface area (Å²) in [4.78, 5) is 12.3. The van der Waals surface area contributed by atoms with E-state index in [2.05, 4.69) is 0 Å². The van der Waals surface area contributed by atoms with Crippen molar-refractivity contribution in [2.75, 3.05) is 0 Å². The Kier molecular flexibility index (Phi) is 2.73. The summed E-state index contributed by atoms with van der Waals surface area (Å²) >= 11 is 0. The molecule has 19 heavy (non-hydrogen) atoms. The third-order valence-corrected chi connectivity index (χ3v) is 3.68. The molecule has 0 radical (unpaired) electrons. The van der Waals surface area contributed by atoms with Crippen LogP contribution >= 0.6 is 0 Å². The molecule has 96 valence electrons. The lowest BCUT2D eigenvalue weighted by molar-refractivity contribution is -0.0476. The monoisotopic (exact) mass is 254 g/mol. The molecular formula is C16H14O3. The molecule has 1 aliphatic carbocycles. The normalized spacial score (nSPS) is 23.2. The van der Waals surface area contributed by atoms with E-state index in [9.17, 15) is 15.0 Å². The molecule has 0 fully saturated rings. The van der Waals surface area contributed by atoms with Crippen LogP contribution in [0.15, 0.2) is 54.6 Å². The van der Waals surface area contributed by atoms with E-state index in [4.69, 9.17) is 0 Å². The van der Waals surface area contributed by atoms with Gasteiger partial charge in [0.05, 0.1) is 0 Å². The first-order chi connectivity index (χ1) is 9.13. The van der Waals surface area contributed by atoms with Gasteiger partial charge < -0.3 is 10.2 Å². The summed E-state index contributed by atoms with van der Waals surface area (Å²) in [5.41, 5.74) is 0.0709. The average Bonchev–Trinajstić information content (AvgIpc) is 2.72. The van der Waals surface area contributed by atoms with E-state index < -0.39 is 17.5 Å². The van der Waals surface area contributed by atoms with E-state index in [-0.39, 0.29) is 6.42 Å². The van der Waals surface area contributed by atoms with E-state index in [0.29, 0.717) is 11.1 Å². The van der Waals surface area contributed by atoms with Crippen LogP contribution in [0.4, 0.5) is 0 Å². The van der Waals surface area contributed by atoms with Crippen LogP contribution in [0.25, 0.3) is 0 Å². The lowest BCUT2D eigenvalue weighted by Gasteiger charge is -2.27. The van der Waals surface area contributed by atoms with E-state index in [1.807, 2.05) is 18.2 Å². The number of hydrogen-bond acceptors (Lipinski definition) is 3. The van der Waals surface area contributed by atoms with E-state index in [0.717, 1.165) is 5.56 Å². The molecular weight excluding hydrogens is 240 g/mol. The Morgan fingerprint density at radius 2 is 1.63 bits per heavy atom. The number of aliphatic hydroxyl groups excluding tert-OH is 1. The van der Waals surface area contributed by atoms with Gasteiger partial charge in [-0.15, -0.1) is 0 Å². The molecule has 1 aliphatic rings. The summed E-state index contributed by atoms with van der Waals surface area (Å²) < 4.78 is 0. The van der Waals surface area contributed by atoms with Crippen LogP contribution in [0.2, 0.25) is 0 Å². The molecule has 2 aromatic rings. The average molecular weight is 254 g/mol. The second-order valence-corrected chi connectivity index (χ2v) is 4.90. The van der Waals surface area contributed by atoms with Crippen LogP contribution in [0, 0.1) is 0 Å². The minimum absolute atomic E-state index is 0.151. The van der Waals surface area contributed by atoms with Crippen LogP contribution in [0.5, 0.6) is 0 Å². The minimum atomic E-state index is -1.76. The first-order valence-corrected chi connectivity index (χ1v) is 6.21. The quantitative estimate of drug-likeness (QED) is 0.860. The Morgan fingerprint density at radius 1 is 1.00 bits per heavy atom. The van der Waals surface area contributed by atoms with Gasteiger partial charge in [-0.1, -0.05) is 54.6 Å². The fourth-order valence-corrected chi connectivity index (χ4v) is 2.63. The summed E-state index contributed by atoms with van der Waals surface area (Å²) in [6, 6.07) is 15.9. The molecule has 0 saturated carbocycles. The first kappa shape index (κ1) is 12.1. The van der Waals surface area contributed by atoms with Gasteiger partial charge in [-0.2, -0.15) is 0 Å². The zero-order valence-electron chi connectivity index (χ0n) is 10.3. The third-order valence-electron chi connectivity index (χ3n) is 3.68. The number of Topliss-reactive ketones (excluding diaryl/α,β-unsaturated/α-hetero) is 1. The molecule has 2 aromatic carbocycles. The summed E-state index contributed by atoms with van der Waals surface area (Å²) in [5, 5.41) is 21.0. The van der Waals surface area contributed by atoms with Crippen molar-refractivity contribution in [1.82, 2.24) is 0 Å². The fraction of sp³-hybridized carbons (Fsp3) is 0.188. The lowest BCUT2D eigenvalue weighted by atomic mass is 9.87. The Balaban J connectivity index is 2.01. The highest BCUT2D eigenvalue weighted by Crippen LogP contribution is 2.38. The van der Waals surface area contributed by atoms with Gasteiger partial charge in [0, 0.05) is 12.0 Å². The molecule has 0 spiro atoms. The van der Waals surface area contributed by atoms with Crippen molar-refractivity contribution in [3.63, 3.8) is 0 Å². The zero-order valence-corrected chi connectivity index (χ0v) is 10.3. The van der Waals surface area contributed by atoms with Gasteiger partial charge in [-0.05, 0) is 11.1 Å². The van der Waals surface area contributed by atoms with Gasteiger partial charge in [0.15, 0.2) is 11.4 Å². The topological polar surface area (TPSA) is 57.5 Å². The molecule has 3 heteroatoms. The number of benzene rings is 2. The number of fused-ring (bicyclic) bond motifs is 1. The van der Waals surface area contributed by atoms with Gasteiger partial charge in [-0.3, -0.25) is 4.79 Å². The maximum absolute atomic E-state index is 12.3. The van der Waals surface area contributed by atoms with Crippen molar-refractivity contribution in [1.29, 1.82) is 0 Å². The lowest BCUT2D eigenvalue weighted by Crippen LogP contribution is -2.42. The van der Waals surface area contributed by atoms with Gasteiger partial charge in [0.1, 0.15) is 6.10 Å². The third kappa shape index (κ3) is 1.79. The fourth-order valence-electron chi connectivity index (χ4n) is 2.63. The van der Waals surface area contributed by atoms with Crippen LogP contribution in [0.1, 0.15) is 27.6 Å². The van der Waals surface area contributed by atoms with Crippen molar-refractivity contribution in [3.8, 4) is 0 Å². The largest absolute Gasteiger partial charge is 0.385 e. The summed E-state index contributed by atoms with van der Waals surface area (Å²) in [5.74, 6) is -0.403. The molecule has 3 nitrogen and oxygen atoms in total. The Labute approximate surface area is 111 Å². The summed E-state index contributed by atoms with van der Waals surface area (Å²) in [6.07, 6.45) is -1.06. The second-order valence-electron chi connectivity index (χ2n) is 4.90. The molecule has 3 rings (SSSR count). The van der Waals surface area contributed by atoms with Crippen LogP contribution in [-0.2, 0) is 6.42 Å². The molecule has 0 saturated heterocycles. The van der Waals surface area contributed by atoms with Crippen molar-refractivity contribution in [2.45, 2.75) is 18.1 Å². The van der Waals surface area contributed by atoms with Crippen molar-refractivity contribution in [2.24, 2.45) is 0 Å². The number of rotatable bonds is 2. The highest BCUT2D eigenvalue weighted by Gasteiger charge is 2.49. The van der Waals surface area contributed by atoms with Crippen LogP contribution < -0.4 is 0 Å². The maximum atomic E-state index is 12.3. The van der Waals surface area contributed by atoms with Crippen molar-refractivity contribution in [3.05, 3.63) is 71.3 Å². The SMILES string of the molecule is O=C1c2ccccc2CC1(O)C(O)c1ccccc1. The summed E-state index contributed by atoms with van der Waals surface area (Å²) in [7, 11) is 0. The molecule has 0 amide bonds. The highest BCUT2D eigenvalue weighted by atomic mass is 16.3. The smallest absolute Gasteiger partial charge is 0.198 e. The second kappa shape index (κ2) is 4.30. The van der Waals surface area contributed by atoms with Gasteiger partial charge in [0.2, 0.25) is 0 Å². The Bertz CT molecular complexity index is 621. The molecule has 0 aromatic heterocycles. The van der Waals surface area contributed by atoms with Crippen molar-refractivity contribution < 1.29 is 15.0 Å². The zero-order chi connectivity index (χ0) is 13.5. The van der Waals surface area contributed by atoms with E-state index in [1.165, 1.54) is 0 Å². The molecule has 2 atom stereocenters. The minimum Gasteiger partial charge on any atom is -0.385 e. The number of ketones is 1. The number of carbonyl (C=O) groups is 1. The molecule has 0 heterocycles. The van der Waals surface area contributed by atoms with Gasteiger partial charge >= 0.3 is 0 Å². The predicted octanol–water partition coefficient (Wildman–Crippen LogP) is 1.89. The molecule has 0 aliphatic heterocycles. The van der Waals surface area contributed by atoms with E-state index >= 15 is 0 Å². The Morgan fingerprint density at radius 3 is 2.32 bits per heavy atom. The number of hydrogen-bond donors (Lipinski definition) is 2. The standard InChI is InChI=1S/C16H14O3/c17-14(11-6-2-1-3-7-11)16(19)10-12-8-4-5-9-13(12)15(16)18/h1-9,14,17,19H,10H2. The Hall–Kier alpha value is -1.97. The predicted molar refractivity (Wildman–Crippen MR) is 70.8 cm³/mol. The molecule has 2 N–H and O–H groups in total. The highest BCUT2D eigenvalue weighted by molar-refractivity contribution is 6.07. The van der Waals surface area contributed by atoms with Crippen LogP contribution in [-0.4, -0.2) is 21.6 Å². The van der Waals surface area contributed by atoms with Crippen LogP contribution in [0.3, 0.4) is 0 Å².